The molecule has 21 heavy (non-hydrogen) atoms. The lowest BCUT2D eigenvalue weighted by Gasteiger charge is -2.21. The number of hydrogen-bond acceptors (Lipinski definition) is 3. The van der Waals surface area contributed by atoms with Gasteiger partial charge in [-0.05, 0) is 64.5 Å². The van der Waals surface area contributed by atoms with Gasteiger partial charge in [0.25, 0.3) is 0 Å². The summed E-state index contributed by atoms with van der Waals surface area (Å²) in [6.07, 6.45) is 3.74. The maximum atomic E-state index is 6.08. The summed E-state index contributed by atoms with van der Waals surface area (Å²) in [5, 5.41) is 3.46. The van der Waals surface area contributed by atoms with E-state index in [1.807, 2.05) is 0 Å². The molecule has 1 fully saturated rings. The van der Waals surface area contributed by atoms with Gasteiger partial charge in [-0.25, -0.2) is 0 Å². The molecular weight excluding hydrogens is 328 g/mol. The van der Waals surface area contributed by atoms with Gasteiger partial charge in [0.15, 0.2) is 0 Å². The smallest absolute Gasteiger partial charge is 0.124 e. The minimum atomic E-state index is 0.302. The predicted molar refractivity (Wildman–Crippen MR) is 92.0 cm³/mol. The van der Waals surface area contributed by atoms with Crippen molar-refractivity contribution < 1.29 is 4.74 Å². The molecule has 2 atom stereocenters. The molecule has 1 aliphatic rings. The molecule has 1 N–H and O–H groups in total. The van der Waals surface area contributed by atoms with Crippen LogP contribution in [0.3, 0.4) is 0 Å². The van der Waals surface area contributed by atoms with Gasteiger partial charge >= 0.3 is 0 Å². The van der Waals surface area contributed by atoms with E-state index >= 15 is 0 Å². The van der Waals surface area contributed by atoms with E-state index < -0.39 is 0 Å². The van der Waals surface area contributed by atoms with E-state index in [1.54, 1.807) is 0 Å². The predicted octanol–water partition coefficient (Wildman–Crippen LogP) is 3.98. The van der Waals surface area contributed by atoms with E-state index in [-0.39, 0.29) is 0 Å². The highest BCUT2D eigenvalue weighted by Crippen LogP contribution is 2.29. The van der Waals surface area contributed by atoms with E-state index in [2.05, 4.69) is 65.2 Å². The number of nitrogens with one attached hydrogen (secondary N) is 1. The Morgan fingerprint density at radius 1 is 1.48 bits per heavy atom. The van der Waals surface area contributed by atoms with Crippen LogP contribution in [0.25, 0.3) is 0 Å². The maximum Gasteiger partial charge on any atom is 0.124 e. The Hall–Kier alpha value is -0.580. The zero-order chi connectivity index (χ0) is 15.2. The molecule has 1 aromatic carbocycles. The Bertz CT molecular complexity index is 452. The molecule has 1 aliphatic heterocycles. The first kappa shape index (κ1) is 16.8. The molecule has 0 amide bonds. The Kier molecular flexibility index (Phi) is 6.52. The highest BCUT2D eigenvalue weighted by atomic mass is 79.9. The summed E-state index contributed by atoms with van der Waals surface area (Å²) in [4.78, 5) is 2.45. The highest BCUT2D eigenvalue weighted by Gasteiger charge is 2.20. The molecule has 0 radical (unpaired) electrons. The summed E-state index contributed by atoms with van der Waals surface area (Å²) in [6, 6.07) is 7.28. The molecule has 1 heterocycles. The van der Waals surface area contributed by atoms with Crippen molar-refractivity contribution in [3.8, 4) is 5.75 Å². The van der Waals surface area contributed by atoms with Crippen molar-refractivity contribution in [3.63, 3.8) is 0 Å². The molecule has 0 spiro atoms. The van der Waals surface area contributed by atoms with Crippen LogP contribution in [0.2, 0.25) is 0 Å². The first-order valence-corrected chi connectivity index (χ1v) is 8.77. The molecule has 4 heteroatoms. The minimum absolute atomic E-state index is 0.302. The standard InChI is InChI=1S/C17H27BrN2O/c1-4-19-13(2)16-12-14(18)7-8-17(16)21-11-9-15-6-5-10-20(15)3/h7-8,12-13,15,19H,4-6,9-11H2,1-3H3. The van der Waals surface area contributed by atoms with Gasteiger partial charge in [-0.1, -0.05) is 22.9 Å². The molecule has 0 bridgehead atoms. The monoisotopic (exact) mass is 354 g/mol. The fourth-order valence-corrected chi connectivity index (χ4v) is 3.43. The number of hydrogen-bond donors (Lipinski definition) is 1. The molecule has 118 valence electrons. The van der Waals surface area contributed by atoms with Crippen LogP contribution >= 0.6 is 15.9 Å². The lowest BCUT2D eigenvalue weighted by Crippen LogP contribution is -2.26. The Morgan fingerprint density at radius 3 is 2.95 bits per heavy atom. The van der Waals surface area contributed by atoms with Crippen LogP contribution in [0, 0.1) is 0 Å². The third-order valence-electron chi connectivity index (χ3n) is 4.33. The van der Waals surface area contributed by atoms with Crippen LogP contribution in [0.1, 0.15) is 44.7 Å². The van der Waals surface area contributed by atoms with Gasteiger partial charge in [-0.15, -0.1) is 0 Å². The topological polar surface area (TPSA) is 24.5 Å². The zero-order valence-corrected chi connectivity index (χ0v) is 14.9. The summed E-state index contributed by atoms with van der Waals surface area (Å²) in [5.74, 6) is 1.01. The summed E-state index contributed by atoms with van der Waals surface area (Å²) < 4.78 is 7.18. The van der Waals surface area contributed by atoms with E-state index in [0.29, 0.717) is 12.1 Å². The van der Waals surface area contributed by atoms with Crippen molar-refractivity contribution in [2.24, 2.45) is 0 Å². The molecule has 0 aromatic heterocycles. The summed E-state index contributed by atoms with van der Waals surface area (Å²) in [7, 11) is 2.22. The quantitative estimate of drug-likeness (QED) is 0.801. The van der Waals surface area contributed by atoms with Crippen molar-refractivity contribution in [1.29, 1.82) is 0 Å². The van der Waals surface area contributed by atoms with E-state index in [1.165, 1.54) is 24.9 Å². The molecule has 0 saturated carbocycles. The van der Waals surface area contributed by atoms with Crippen LogP contribution in [0.15, 0.2) is 22.7 Å². The number of rotatable bonds is 7. The second kappa shape index (κ2) is 8.16. The van der Waals surface area contributed by atoms with Gasteiger partial charge in [0.05, 0.1) is 6.61 Å². The normalized spacial score (nSPS) is 20.7. The van der Waals surface area contributed by atoms with E-state index in [0.717, 1.165) is 29.8 Å². The largest absolute Gasteiger partial charge is 0.493 e. The molecule has 1 aromatic rings. The van der Waals surface area contributed by atoms with Crippen molar-refractivity contribution in [3.05, 3.63) is 28.2 Å². The van der Waals surface area contributed by atoms with Crippen LogP contribution in [0.4, 0.5) is 0 Å². The Morgan fingerprint density at radius 2 is 2.29 bits per heavy atom. The van der Waals surface area contributed by atoms with Crippen LogP contribution in [0.5, 0.6) is 5.75 Å². The van der Waals surface area contributed by atoms with Crippen LogP contribution < -0.4 is 10.1 Å². The van der Waals surface area contributed by atoms with Gasteiger partial charge in [0.2, 0.25) is 0 Å². The minimum Gasteiger partial charge on any atom is -0.493 e. The molecule has 3 nitrogen and oxygen atoms in total. The maximum absolute atomic E-state index is 6.08. The van der Waals surface area contributed by atoms with Crippen molar-refractivity contribution >= 4 is 15.9 Å². The second-order valence-electron chi connectivity index (χ2n) is 5.88. The average Bonchev–Trinajstić information content (AvgIpc) is 2.86. The molecule has 2 rings (SSSR count). The van der Waals surface area contributed by atoms with Crippen molar-refractivity contribution in [1.82, 2.24) is 10.2 Å². The molecule has 1 saturated heterocycles. The van der Waals surface area contributed by atoms with Gasteiger partial charge in [0.1, 0.15) is 5.75 Å². The molecule has 2 unspecified atom stereocenters. The number of benzene rings is 1. The van der Waals surface area contributed by atoms with Gasteiger partial charge < -0.3 is 15.0 Å². The first-order chi connectivity index (χ1) is 10.1. The lowest BCUT2D eigenvalue weighted by atomic mass is 10.1. The number of likely N-dealkylation sites (tertiary alicyclic amines) is 1. The van der Waals surface area contributed by atoms with Gasteiger partial charge in [-0.3, -0.25) is 0 Å². The van der Waals surface area contributed by atoms with Gasteiger partial charge in [0, 0.05) is 22.1 Å². The van der Waals surface area contributed by atoms with Crippen LogP contribution in [-0.2, 0) is 0 Å². The Labute approximate surface area is 137 Å². The fraction of sp³-hybridized carbons (Fsp3) is 0.647. The second-order valence-corrected chi connectivity index (χ2v) is 6.79. The highest BCUT2D eigenvalue weighted by molar-refractivity contribution is 9.10. The summed E-state index contributed by atoms with van der Waals surface area (Å²) in [6.45, 7) is 7.29. The van der Waals surface area contributed by atoms with Gasteiger partial charge in [-0.2, -0.15) is 0 Å². The van der Waals surface area contributed by atoms with E-state index in [4.69, 9.17) is 4.74 Å². The summed E-state index contributed by atoms with van der Waals surface area (Å²) in [5.41, 5.74) is 1.23. The third-order valence-corrected chi connectivity index (χ3v) is 4.82. The Balaban J connectivity index is 1.95. The number of halogens is 1. The molecule has 0 aliphatic carbocycles. The number of nitrogens with zero attached hydrogens (tertiary/aromatic N) is 1. The third kappa shape index (κ3) is 4.70. The fourth-order valence-electron chi connectivity index (χ4n) is 3.05. The van der Waals surface area contributed by atoms with Crippen LogP contribution in [-0.4, -0.2) is 37.7 Å². The SMILES string of the molecule is CCNC(C)c1cc(Br)ccc1OCCC1CCCN1C. The number of ether oxygens (including phenoxy) is 1. The summed E-state index contributed by atoms with van der Waals surface area (Å²) >= 11 is 3.56. The van der Waals surface area contributed by atoms with E-state index in [9.17, 15) is 0 Å². The first-order valence-electron chi connectivity index (χ1n) is 7.97. The molecular formula is C17H27BrN2O. The zero-order valence-electron chi connectivity index (χ0n) is 13.4. The lowest BCUT2D eigenvalue weighted by molar-refractivity contribution is 0.231. The van der Waals surface area contributed by atoms with Crippen molar-refractivity contribution in [2.75, 3.05) is 26.7 Å². The average molecular weight is 355 g/mol. The van der Waals surface area contributed by atoms with Crippen molar-refractivity contribution in [2.45, 2.75) is 45.2 Å².